The molecule has 1 aliphatic carbocycles. The molecule has 0 amide bonds. The number of nitrogens with one attached hydrogen (secondary N) is 1. The van der Waals surface area contributed by atoms with E-state index in [0.717, 1.165) is 16.9 Å². The molecule has 0 radical (unpaired) electrons. The van der Waals surface area contributed by atoms with Gasteiger partial charge in [-0.15, -0.1) is 0 Å². The van der Waals surface area contributed by atoms with Gasteiger partial charge in [-0.1, -0.05) is 0 Å². The summed E-state index contributed by atoms with van der Waals surface area (Å²) in [6.07, 6.45) is 4.27. The molecule has 3 rings (SSSR count). The topological polar surface area (TPSA) is 50.8 Å². The lowest BCUT2D eigenvalue weighted by Gasteiger charge is -2.02. The second kappa shape index (κ2) is 2.70. The van der Waals surface area contributed by atoms with E-state index in [0.29, 0.717) is 11.8 Å². The van der Waals surface area contributed by atoms with Gasteiger partial charge < -0.3 is 9.72 Å². The second-order valence-corrected chi connectivity index (χ2v) is 3.60. The highest BCUT2D eigenvalue weighted by atomic mass is 16.5. The number of aromatic amines is 1. The predicted molar refractivity (Wildman–Crippen MR) is 52.4 cm³/mol. The Morgan fingerprint density at radius 2 is 2.29 bits per heavy atom. The van der Waals surface area contributed by atoms with Crippen LogP contribution in [-0.4, -0.2) is 22.1 Å². The van der Waals surface area contributed by atoms with Gasteiger partial charge in [0.05, 0.1) is 12.6 Å². The Morgan fingerprint density at radius 3 is 3.00 bits per heavy atom. The summed E-state index contributed by atoms with van der Waals surface area (Å²) in [5.41, 5.74) is 1.83. The zero-order valence-corrected chi connectivity index (χ0v) is 7.95. The minimum atomic E-state index is 0.559. The summed E-state index contributed by atoms with van der Waals surface area (Å²) in [5, 5.41) is 0. The van der Waals surface area contributed by atoms with Crippen molar-refractivity contribution >= 4 is 11.0 Å². The van der Waals surface area contributed by atoms with Crippen molar-refractivity contribution < 1.29 is 4.74 Å². The normalized spacial score (nSPS) is 16.1. The average Bonchev–Trinajstić information content (AvgIpc) is 2.95. The quantitative estimate of drug-likeness (QED) is 0.784. The van der Waals surface area contributed by atoms with Gasteiger partial charge in [0.15, 0.2) is 0 Å². The van der Waals surface area contributed by atoms with Gasteiger partial charge in [0.2, 0.25) is 5.88 Å². The number of rotatable bonds is 2. The van der Waals surface area contributed by atoms with E-state index in [-0.39, 0.29) is 0 Å². The molecule has 4 nitrogen and oxygen atoms in total. The maximum absolute atomic E-state index is 5.22. The van der Waals surface area contributed by atoms with Crippen molar-refractivity contribution in [2.24, 2.45) is 0 Å². The number of fused-ring (bicyclic) bond motifs is 1. The third kappa shape index (κ3) is 1.07. The van der Waals surface area contributed by atoms with Crippen LogP contribution >= 0.6 is 0 Å². The summed E-state index contributed by atoms with van der Waals surface area (Å²) in [6.45, 7) is 0. The number of hydrogen-bond donors (Lipinski definition) is 1. The van der Waals surface area contributed by atoms with Crippen LogP contribution in [0, 0.1) is 0 Å². The SMILES string of the molecule is COc1nc(C2CC2)nc2cc[nH]c12. The first-order chi connectivity index (χ1) is 6.88. The third-order valence-corrected chi connectivity index (χ3v) is 2.53. The number of ether oxygens (including phenoxy) is 1. The Bertz CT molecular complexity index is 473. The lowest BCUT2D eigenvalue weighted by atomic mass is 10.3. The van der Waals surface area contributed by atoms with Gasteiger partial charge in [0.1, 0.15) is 11.3 Å². The van der Waals surface area contributed by atoms with Crippen LogP contribution in [0.4, 0.5) is 0 Å². The van der Waals surface area contributed by atoms with E-state index in [2.05, 4.69) is 15.0 Å². The molecule has 0 unspecified atom stereocenters. The van der Waals surface area contributed by atoms with E-state index in [9.17, 15) is 0 Å². The number of methoxy groups -OCH3 is 1. The van der Waals surface area contributed by atoms with Crippen molar-refractivity contribution in [2.45, 2.75) is 18.8 Å². The van der Waals surface area contributed by atoms with Crippen molar-refractivity contribution in [3.05, 3.63) is 18.1 Å². The molecule has 0 aliphatic heterocycles. The van der Waals surface area contributed by atoms with Gasteiger partial charge >= 0.3 is 0 Å². The zero-order valence-electron chi connectivity index (χ0n) is 7.95. The number of hydrogen-bond acceptors (Lipinski definition) is 3. The molecular formula is C10H11N3O. The number of nitrogens with zero attached hydrogens (tertiary/aromatic N) is 2. The van der Waals surface area contributed by atoms with Gasteiger partial charge in [-0.05, 0) is 18.9 Å². The smallest absolute Gasteiger partial charge is 0.241 e. The van der Waals surface area contributed by atoms with Crippen molar-refractivity contribution in [3.63, 3.8) is 0 Å². The van der Waals surface area contributed by atoms with E-state index in [1.807, 2.05) is 12.3 Å². The highest BCUT2D eigenvalue weighted by Gasteiger charge is 2.27. The summed E-state index contributed by atoms with van der Waals surface area (Å²) < 4.78 is 5.22. The summed E-state index contributed by atoms with van der Waals surface area (Å²) in [4.78, 5) is 11.9. The molecule has 1 N–H and O–H groups in total. The molecule has 0 bridgehead atoms. The second-order valence-electron chi connectivity index (χ2n) is 3.60. The molecule has 2 aromatic heterocycles. The molecule has 2 heterocycles. The fraction of sp³-hybridized carbons (Fsp3) is 0.400. The molecule has 0 aromatic carbocycles. The van der Waals surface area contributed by atoms with Crippen molar-refractivity contribution in [1.29, 1.82) is 0 Å². The van der Waals surface area contributed by atoms with Gasteiger partial charge in [0, 0.05) is 12.1 Å². The molecule has 1 aliphatic rings. The zero-order chi connectivity index (χ0) is 9.54. The Hall–Kier alpha value is -1.58. The Kier molecular flexibility index (Phi) is 1.50. The molecule has 0 saturated heterocycles. The van der Waals surface area contributed by atoms with Crippen LogP contribution in [0.25, 0.3) is 11.0 Å². The first kappa shape index (κ1) is 7.79. The molecule has 2 aromatic rings. The Labute approximate surface area is 81.3 Å². The lowest BCUT2D eigenvalue weighted by Crippen LogP contribution is -1.97. The highest BCUT2D eigenvalue weighted by Crippen LogP contribution is 2.39. The lowest BCUT2D eigenvalue weighted by molar-refractivity contribution is 0.400. The van der Waals surface area contributed by atoms with Crippen LogP contribution in [0.15, 0.2) is 12.3 Å². The third-order valence-electron chi connectivity index (χ3n) is 2.53. The Morgan fingerprint density at radius 1 is 1.43 bits per heavy atom. The van der Waals surface area contributed by atoms with E-state index >= 15 is 0 Å². The first-order valence-electron chi connectivity index (χ1n) is 4.77. The summed E-state index contributed by atoms with van der Waals surface area (Å²) in [7, 11) is 1.64. The summed E-state index contributed by atoms with van der Waals surface area (Å²) in [6, 6.07) is 1.95. The number of H-pyrrole nitrogens is 1. The monoisotopic (exact) mass is 189 g/mol. The van der Waals surface area contributed by atoms with Crippen molar-refractivity contribution in [3.8, 4) is 5.88 Å². The molecule has 14 heavy (non-hydrogen) atoms. The van der Waals surface area contributed by atoms with E-state index < -0.39 is 0 Å². The van der Waals surface area contributed by atoms with E-state index in [1.165, 1.54) is 12.8 Å². The molecule has 0 spiro atoms. The Balaban J connectivity index is 2.23. The molecular weight excluding hydrogens is 178 g/mol. The highest BCUT2D eigenvalue weighted by molar-refractivity contribution is 5.79. The van der Waals surface area contributed by atoms with Crippen molar-refractivity contribution in [2.75, 3.05) is 7.11 Å². The van der Waals surface area contributed by atoms with Crippen LogP contribution in [0.3, 0.4) is 0 Å². The molecule has 4 heteroatoms. The fourth-order valence-corrected chi connectivity index (χ4v) is 1.61. The largest absolute Gasteiger partial charge is 0.479 e. The summed E-state index contributed by atoms with van der Waals surface area (Å²) >= 11 is 0. The van der Waals surface area contributed by atoms with Gasteiger partial charge in [-0.3, -0.25) is 0 Å². The van der Waals surface area contributed by atoms with Gasteiger partial charge in [0.25, 0.3) is 0 Å². The summed E-state index contributed by atoms with van der Waals surface area (Å²) in [5.74, 6) is 2.14. The molecule has 0 atom stereocenters. The molecule has 1 saturated carbocycles. The van der Waals surface area contributed by atoms with Crippen LogP contribution in [-0.2, 0) is 0 Å². The minimum Gasteiger partial charge on any atom is -0.479 e. The van der Waals surface area contributed by atoms with E-state index in [4.69, 9.17) is 4.74 Å². The maximum Gasteiger partial charge on any atom is 0.241 e. The van der Waals surface area contributed by atoms with Crippen LogP contribution in [0.5, 0.6) is 5.88 Å². The minimum absolute atomic E-state index is 0.559. The van der Waals surface area contributed by atoms with Gasteiger partial charge in [-0.2, -0.15) is 4.98 Å². The average molecular weight is 189 g/mol. The standard InChI is InChI=1S/C10H11N3O/c1-14-10-8-7(4-5-11-8)12-9(13-10)6-2-3-6/h4-6,11H,2-3H2,1H3. The molecule has 72 valence electrons. The predicted octanol–water partition coefficient (Wildman–Crippen LogP) is 1.84. The van der Waals surface area contributed by atoms with Crippen molar-refractivity contribution in [1.82, 2.24) is 15.0 Å². The van der Waals surface area contributed by atoms with Crippen LogP contribution in [0.2, 0.25) is 0 Å². The van der Waals surface area contributed by atoms with Gasteiger partial charge in [-0.25, -0.2) is 4.98 Å². The first-order valence-corrected chi connectivity index (χ1v) is 4.77. The maximum atomic E-state index is 5.22. The molecule has 1 fully saturated rings. The van der Waals surface area contributed by atoms with E-state index in [1.54, 1.807) is 7.11 Å². The van der Waals surface area contributed by atoms with Crippen LogP contribution < -0.4 is 4.74 Å². The van der Waals surface area contributed by atoms with Crippen LogP contribution in [0.1, 0.15) is 24.6 Å². The number of aromatic nitrogens is 3. The fourth-order valence-electron chi connectivity index (χ4n) is 1.61.